The smallest absolute Gasteiger partial charge is 0.373 e. The lowest BCUT2D eigenvalue weighted by Gasteiger charge is -2.29. The fourth-order valence-corrected chi connectivity index (χ4v) is 12.9. The Labute approximate surface area is 708 Å². The Balaban J connectivity index is -0.000000138. The predicted octanol–water partition coefficient (Wildman–Crippen LogP) is 20.0. The normalized spacial score (nSPS) is 13.7. The second-order valence-corrected chi connectivity index (χ2v) is 27.1. The molecule has 0 aliphatic heterocycles. The van der Waals surface area contributed by atoms with Crippen molar-refractivity contribution in [1.82, 2.24) is 0 Å². The van der Waals surface area contributed by atoms with E-state index in [0.717, 1.165) is 88.8 Å². The molecule has 2 aliphatic rings. The van der Waals surface area contributed by atoms with Gasteiger partial charge in [-0.25, -0.2) is 0 Å². The minimum atomic E-state index is -0.540. The molecule has 0 bridgehead atoms. The van der Waals surface area contributed by atoms with Gasteiger partial charge in [0.2, 0.25) is 0 Å². The SMILES string of the molecule is C.C.C=CCC(CC)(CC=C)C(=O)OCC.C=CC[C@@](CC)(C/C(Br)=C/c1ccccc1)C(=O)OCC.C=CC[C@@](CC)(CC(=C)Br)C(=O)OCC.C=CC[C@](CC)(C/C=C/c1ccccc1)C(=O)OCC.CCOC(=O)C1(CC)CC=CC1.CCOC(=O)[C@@]1(CC)CC=C(Br)C1.O=C=O.O=C=O.O=C=O.O=C=O.O=C=O.O=C=O. The third-order valence-corrected chi connectivity index (χ3v) is 18.6. The predicted molar refractivity (Wildman–Crippen MR) is 449 cm³/mol. The van der Waals surface area contributed by atoms with Gasteiger partial charge in [-0.3, -0.25) is 28.8 Å². The number of benzene rings is 2. The lowest BCUT2D eigenvalue weighted by Crippen LogP contribution is -2.32. The van der Waals surface area contributed by atoms with E-state index in [4.69, 9.17) is 86.0 Å². The first kappa shape index (κ1) is 126. The molecule has 0 unspecified atom stereocenters. The number of carbonyl (C=O) groups is 6. The number of allylic oxidation sites excluding steroid dienone is 12. The Hall–Kier alpha value is -9.62. The van der Waals surface area contributed by atoms with Gasteiger partial charge in [0.1, 0.15) is 0 Å². The summed E-state index contributed by atoms with van der Waals surface area (Å²) < 4.78 is 33.7. The fraction of sp³-hybridized carbons (Fsp3) is 0.500. The highest BCUT2D eigenvalue weighted by molar-refractivity contribution is 9.12. The van der Waals surface area contributed by atoms with E-state index in [1.54, 1.807) is 30.4 Å². The Kier molecular flexibility index (Phi) is 90.4. The third-order valence-electron chi connectivity index (χ3n) is 17.2. The second kappa shape index (κ2) is 82.4. The molecule has 0 heterocycles. The highest BCUT2D eigenvalue weighted by Gasteiger charge is 2.43. The molecule has 0 fully saturated rings. The molecule has 0 aromatic heterocycles. The molecular formula is C88H125Br3O24. The summed E-state index contributed by atoms with van der Waals surface area (Å²) in [5, 5.41) is 0. The molecule has 2 aliphatic carbocycles. The highest BCUT2D eigenvalue weighted by atomic mass is 79.9. The molecule has 0 amide bonds. The number of hydrogen-bond acceptors (Lipinski definition) is 24. The average Bonchev–Trinajstić information content (AvgIpc) is 1.71. The molecule has 642 valence electrons. The summed E-state index contributed by atoms with van der Waals surface area (Å²) >= 11 is 10.3. The first-order valence-corrected chi connectivity index (χ1v) is 38.7. The van der Waals surface area contributed by atoms with Crippen LogP contribution in [0.4, 0.5) is 0 Å². The van der Waals surface area contributed by atoms with Crippen LogP contribution in [0.3, 0.4) is 0 Å². The Bertz CT molecular complexity index is 3280. The van der Waals surface area contributed by atoms with Gasteiger partial charge in [-0.05, 0) is 188 Å². The summed E-state index contributed by atoms with van der Waals surface area (Å²) in [6.45, 7) is 48.1. The minimum Gasteiger partial charge on any atom is -0.466 e. The van der Waals surface area contributed by atoms with Gasteiger partial charge in [0.25, 0.3) is 0 Å². The van der Waals surface area contributed by atoms with Crippen molar-refractivity contribution in [2.45, 2.75) is 214 Å². The molecule has 24 nitrogen and oxygen atoms in total. The van der Waals surface area contributed by atoms with E-state index < -0.39 is 21.7 Å². The second-order valence-electron chi connectivity index (χ2n) is 23.9. The van der Waals surface area contributed by atoms with Crippen LogP contribution in [0.25, 0.3) is 12.2 Å². The van der Waals surface area contributed by atoms with E-state index in [2.05, 4.69) is 112 Å². The lowest BCUT2D eigenvalue weighted by atomic mass is 9.78. The van der Waals surface area contributed by atoms with Crippen LogP contribution in [0.15, 0.2) is 168 Å². The minimum absolute atomic E-state index is 0. The number of ether oxygens (including phenoxy) is 6. The zero-order valence-electron chi connectivity index (χ0n) is 67.8. The maximum Gasteiger partial charge on any atom is 0.373 e. The number of carbonyl (C=O) groups excluding carboxylic acids is 18. The summed E-state index contributed by atoms with van der Waals surface area (Å²) in [6.07, 6.45) is 35.8. The monoisotopic (exact) mass is 1800 g/mol. The maximum atomic E-state index is 12.4. The van der Waals surface area contributed by atoms with E-state index in [-0.39, 0.29) is 98.4 Å². The Morgan fingerprint density at radius 1 is 0.409 bits per heavy atom. The molecule has 115 heavy (non-hydrogen) atoms. The van der Waals surface area contributed by atoms with Crippen molar-refractivity contribution in [2.75, 3.05) is 39.6 Å². The van der Waals surface area contributed by atoms with E-state index in [9.17, 15) is 28.8 Å². The van der Waals surface area contributed by atoms with Gasteiger partial charge in [-0.2, -0.15) is 57.5 Å². The summed E-state index contributed by atoms with van der Waals surface area (Å²) in [7, 11) is 0. The zero-order valence-corrected chi connectivity index (χ0v) is 72.5. The van der Waals surface area contributed by atoms with E-state index in [0.29, 0.717) is 91.0 Å². The largest absolute Gasteiger partial charge is 0.466 e. The van der Waals surface area contributed by atoms with Gasteiger partial charge >= 0.3 is 72.7 Å². The molecule has 0 saturated carbocycles. The number of rotatable bonds is 36. The molecule has 27 heteroatoms. The summed E-state index contributed by atoms with van der Waals surface area (Å²) in [4.78, 5) is 169. The molecular weight excluding hydrogens is 1680 g/mol. The van der Waals surface area contributed by atoms with Crippen molar-refractivity contribution in [3.8, 4) is 0 Å². The quantitative estimate of drug-likeness (QED) is 0.0347. The van der Waals surface area contributed by atoms with Crippen molar-refractivity contribution in [3.63, 3.8) is 0 Å². The van der Waals surface area contributed by atoms with Crippen LogP contribution < -0.4 is 0 Å². The lowest BCUT2D eigenvalue weighted by molar-refractivity contribution is -0.193. The Morgan fingerprint density at radius 3 is 0.957 bits per heavy atom. The van der Waals surface area contributed by atoms with Crippen LogP contribution in [0, 0.1) is 32.5 Å². The van der Waals surface area contributed by atoms with Crippen LogP contribution >= 0.6 is 47.8 Å². The maximum absolute atomic E-state index is 12.4. The topological polar surface area (TPSA) is 363 Å². The fourth-order valence-electron chi connectivity index (χ4n) is 10.8. The van der Waals surface area contributed by atoms with Crippen molar-refractivity contribution in [3.05, 3.63) is 179 Å². The molecule has 0 N–H and O–H groups in total. The van der Waals surface area contributed by atoms with Crippen LogP contribution in [-0.2, 0) is 115 Å². The van der Waals surface area contributed by atoms with E-state index in [1.165, 1.54) is 0 Å². The van der Waals surface area contributed by atoms with Crippen LogP contribution in [0.1, 0.15) is 225 Å². The molecule has 4 atom stereocenters. The standard InChI is InChI=1S/C18H23BrO2.C18H24O2.C12H19BrO2.C12H20O2.C10H15BrO2.C10H16O2.6CO2.2CH4/c1-4-12-18(5-2,17(20)21-6-3)14-16(19)13-15-10-8-7-9-11-15;1-4-14-18(5-2,17(19)20-6-3)15-10-13-16-11-8-7-9-12-16;1-5-8-12(6-2,9-10(4)13)11(14)15-7-3;1-5-9-12(7-3,10-6-2)11(13)14-8-4;1-3-10(9(12)13-4-2)6-5-8(11)7-10;1-3-10(7-5-6-8-10)9(11)12-4-2;6*2-1-3;;/h4,7-11,13H,1,5-6,12,14H2,2-3H3;4,7-13H,1,5-6,14-15H2,2-3H3;5H,1,4,6-9H2,2-3H3;5-6H,1-2,7-10H2,3-4H3;5H,3-4,6-7H2,1-2H3;5-6H,3-4,7-8H2,1-2H3;;;;;;;2*1H4/b16-13-;13-10+;;;;;;;;;;;;/t2*18-;12-;;10-;;;;;;;;;/m010.0........./s1. The average molecular weight is 1810 g/mol. The van der Waals surface area contributed by atoms with Gasteiger partial charge in [0.15, 0.2) is 0 Å². The third kappa shape index (κ3) is 56.3. The van der Waals surface area contributed by atoms with Gasteiger partial charge < -0.3 is 28.4 Å². The van der Waals surface area contributed by atoms with Gasteiger partial charge in [-0.15, -0.1) is 32.9 Å². The van der Waals surface area contributed by atoms with E-state index >= 15 is 0 Å². The van der Waals surface area contributed by atoms with Crippen molar-refractivity contribution < 1.29 is 115 Å². The van der Waals surface area contributed by atoms with Crippen molar-refractivity contribution in [1.29, 1.82) is 0 Å². The van der Waals surface area contributed by atoms with E-state index in [1.807, 2.05) is 156 Å². The van der Waals surface area contributed by atoms with Crippen LogP contribution in [0.2, 0.25) is 0 Å². The van der Waals surface area contributed by atoms with Crippen LogP contribution in [-0.4, -0.2) is 112 Å². The summed E-state index contributed by atoms with van der Waals surface area (Å²) in [5.74, 6) is -0.651. The zero-order chi connectivity index (χ0) is 88.7. The molecule has 4 rings (SSSR count). The first-order chi connectivity index (χ1) is 53.8. The Morgan fingerprint density at radius 2 is 0.687 bits per heavy atom. The number of halogens is 3. The van der Waals surface area contributed by atoms with Crippen LogP contribution in [0.5, 0.6) is 0 Å². The summed E-state index contributed by atoms with van der Waals surface area (Å²) in [5.41, 5.74) is -0.232. The van der Waals surface area contributed by atoms with Gasteiger partial charge in [0, 0.05) is 0 Å². The van der Waals surface area contributed by atoms with Crippen molar-refractivity contribution >= 4 is 133 Å². The van der Waals surface area contributed by atoms with Gasteiger partial charge in [0.05, 0.1) is 72.1 Å². The molecule has 2 aromatic carbocycles. The summed E-state index contributed by atoms with van der Waals surface area (Å²) in [6, 6.07) is 20.1. The van der Waals surface area contributed by atoms with Gasteiger partial charge in [-0.1, -0.05) is 232 Å². The van der Waals surface area contributed by atoms with Crippen molar-refractivity contribution in [2.24, 2.45) is 32.5 Å². The number of hydrogen-bond donors (Lipinski definition) is 0. The number of esters is 6. The molecule has 2 aromatic rings. The highest BCUT2D eigenvalue weighted by Crippen LogP contribution is 2.44. The first-order valence-electron chi connectivity index (χ1n) is 36.3. The molecule has 0 radical (unpaired) electrons. The molecule has 0 spiro atoms. The molecule has 0 saturated heterocycles.